The predicted octanol–water partition coefficient (Wildman–Crippen LogP) is 3.32. The summed E-state index contributed by atoms with van der Waals surface area (Å²) in [7, 11) is 0. The molecule has 0 aliphatic heterocycles. The zero-order chi connectivity index (χ0) is 16.5. The number of aryl methyl sites for hydroxylation is 1. The van der Waals surface area contributed by atoms with E-state index in [1.807, 2.05) is 37.5 Å². The molecule has 0 atom stereocenters. The highest BCUT2D eigenvalue weighted by molar-refractivity contribution is 7.18. The van der Waals surface area contributed by atoms with E-state index in [1.54, 1.807) is 28.2 Å². The molecule has 4 aromatic heterocycles. The number of hydrogen-bond acceptors (Lipinski definition) is 5. The van der Waals surface area contributed by atoms with Crippen LogP contribution >= 0.6 is 11.3 Å². The minimum atomic E-state index is -0.0300. The molecule has 0 unspecified atom stereocenters. The Labute approximate surface area is 141 Å². The maximum Gasteiger partial charge on any atom is 0.252 e. The fourth-order valence-electron chi connectivity index (χ4n) is 2.69. The van der Waals surface area contributed by atoms with Crippen molar-refractivity contribution in [3.63, 3.8) is 0 Å². The first-order chi connectivity index (χ1) is 11.8. The lowest BCUT2D eigenvalue weighted by Crippen LogP contribution is -2.19. The van der Waals surface area contributed by atoms with Gasteiger partial charge in [0, 0.05) is 42.2 Å². The zero-order valence-corrected chi connectivity index (χ0v) is 13.9. The van der Waals surface area contributed by atoms with E-state index in [1.165, 1.54) is 0 Å². The zero-order valence-electron chi connectivity index (χ0n) is 13.1. The highest BCUT2D eigenvalue weighted by Gasteiger charge is 2.15. The summed E-state index contributed by atoms with van der Waals surface area (Å²) in [6, 6.07) is 7.32. The third-order valence-electron chi connectivity index (χ3n) is 3.81. The van der Waals surface area contributed by atoms with Crippen molar-refractivity contribution >= 4 is 22.4 Å². The van der Waals surface area contributed by atoms with E-state index in [4.69, 9.17) is 0 Å². The summed E-state index contributed by atoms with van der Waals surface area (Å²) in [4.78, 5) is 21.8. The summed E-state index contributed by atoms with van der Waals surface area (Å²) in [5.74, 6) is 0. The van der Waals surface area contributed by atoms with Crippen LogP contribution in [0.3, 0.4) is 0 Å². The molecule has 0 radical (unpaired) electrons. The van der Waals surface area contributed by atoms with Crippen LogP contribution in [0.2, 0.25) is 0 Å². The van der Waals surface area contributed by atoms with Crippen LogP contribution in [-0.4, -0.2) is 24.7 Å². The van der Waals surface area contributed by atoms with E-state index < -0.39 is 0 Å². The molecule has 0 aliphatic carbocycles. The van der Waals surface area contributed by atoms with Gasteiger partial charge in [0.15, 0.2) is 5.65 Å². The number of pyridine rings is 2. The minimum Gasteiger partial charge on any atom is -0.291 e. The maximum absolute atomic E-state index is 12.0. The van der Waals surface area contributed by atoms with Gasteiger partial charge in [-0.3, -0.25) is 19.4 Å². The van der Waals surface area contributed by atoms with Crippen molar-refractivity contribution in [1.29, 1.82) is 0 Å². The molecule has 0 fully saturated rings. The topological polar surface area (TPSA) is 76.5 Å². The molecule has 1 N–H and O–H groups in total. The molecule has 7 heteroatoms. The normalized spacial score (nSPS) is 11.2. The molecule has 0 aromatic carbocycles. The quantitative estimate of drug-likeness (QED) is 0.620. The standard InChI is InChI=1S/C17H15N5OS/c1-2-8-22-14(23)6-5-12-15(20-21-16(12)22)17-19-10-13(24-17)11-4-3-7-18-9-11/h3-7,9-10H,2,8H2,1H3,(H,20,21). The third kappa shape index (κ3) is 2.43. The van der Waals surface area contributed by atoms with Gasteiger partial charge in [-0.25, -0.2) is 4.98 Å². The Morgan fingerprint density at radius 2 is 2.17 bits per heavy atom. The van der Waals surface area contributed by atoms with Crippen LogP contribution in [0.1, 0.15) is 13.3 Å². The molecule has 0 bridgehead atoms. The van der Waals surface area contributed by atoms with Crippen molar-refractivity contribution in [2.45, 2.75) is 19.9 Å². The smallest absolute Gasteiger partial charge is 0.252 e. The lowest BCUT2D eigenvalue weighted by Gasteiger charge is -2.03. The molecule has 0 saturated heterocycles. The first-order valence-corrected chi connectivity index (χ1v) is 8.54. The Bertz CT molecular complexity index is 1050. The molecule has 120 valence electrons. The van der Waals surface area contributed by atoms with Gasteiger partial charge < -0.3 is 0 Å². The number of nitrogens with zero attached hydrogens (tertiary/aromatic N) is 4. The maximum atomic E-state index is 12.0. The number of thiazole rings is 1. The van der Waals surface area contributed by atoms with Gasteiger partial charge in [-0.1, -0.05) is 13.0 Å². The lowest BCUT2D eigenvalue weighted by molar-refractivity contribution is 0.671. The van der Waals surface area contributed by atoms with Crippen molar-refractivity contribution in [3.05, 3.63) is 53.2 Å². The van der Waals surface area contributed by atoms with Crippen LogP contribution in [0, 0.1) is 0 Å². The average molecular weight is 337 g/mol. The van der Waals surface area contributed by atoms with Gasteiger partial charge in [0.1, 0.15) is 10.7 Å². The van der Waals surface area contributed by atoms with Crippen LogP contribution in [0.25, 0.3) is 32.2 Å². The number of H-pyrrole nitrogens is 1. The van der Waals surface area contributed by atoms with Crippen LogP contribution in [0.4, 0.5) is 0 Å². The Kier molecular flexibility index (Phi) is 3.70. The molecular weight excluding hydrogens is 322 g/mol. The molecular formula is C17H15N5OS. The molecule has 0 spiro atoms. The molecule has 0 aliphatic rings. The van der Waals surface area contributed by atoms with Crippen LogP contribution in [0.15, 0.2) is 47.7 Å². The fourth-order valence-corrected chi connectivity index (χ4v) is 3.60. The number of fused-ring (bicyclic) bond motifs is 1. The second-order valence-corrected chi connectivity index (χ2v) is 6.46. The second kappa shape index (κ2) is 6.01. The summed E-state index contributed by atoms with van der Waals surface area (Å²) in [6.07, 6.45) is 6.29. The van der Waals surface area contributed by atoms with Gasteiger partial charge in [-0.05, 0) is 18.6 Å². The molecule has 4 rings (SSSR count). The van der Waals surface area contributed by atoms with Crippen molar-refractivity contribution < 1.29 is 0 Å². The Hall–Kier alpha value is -2.80. The highest BCUT2D eigenvalue weighted by Crippen LogP contribution is 2.33. The van der Waals surface area contributed by atoms with Gasteiger partial charge in [0.25, 0.3) is 5.56 Å². The summed E-state index contributed by atoms with van der Waals surface area (Å²) in [5, 5.41) is 9.15. The summed E-state index contributed by atoms with van der Waals surface area (Å²) < 4.78 is 1.70. The molecule has 6 nitrogen and oxygen atoms in total. The number of nitrogens with one attached hydrogen (secondary N) is 1. The number of aromatic nitrogens is 5. The van der Waals surface area contributed by atoms with Crippen molar-refractivity contribution in [3.8, 4) is 21.1 Å². The van der Waals surface area contributed by atoms with Gasteiger partial charge in [-0.15, -0.1) is 11.3 Å². The van der Waals surface area contributed by atoms with Crippen LogP contribution in [-0.2, 0) is 6.54 Å². The fraction of sp³-hybridized carbons (Fsp3) is 0.176. The van der Waals surface area contributed by atoms with Crippen molar-refractivity contribution in [2.24, 2.45) is 0 Å². The predicted molar refractivity (Wildman–Crippen MR) is 95.0 cm³/mol. The molecule has 4 aromatic rings. The molecule has 24 heavy (non-hydrogen) atoms. The van der Waals surface area contributed by atoms with E-state index in [0.29, 0.717) is 12.2 Å². The number of aromatic amines is 1. The summed E-state index contributed by atoms with van der Waals surface area (Å²) in [6.45, 7) is 2.69. The second-order valence-electron chi connectivity index (χ2n) is 5.43. The van der Waals surface area contributed by atoms with Gasteiger partial charge >= 0.3 is 0 Å². The molecule has 4 heterocycles. The van der Waals surface area contributed by atoms with E-state index in [0.717, 1.165) is 32.9 Å². The SMILES string of the molecule is CCCn1c(=O)ccc2c(-c3ncc(-c4cccnc4)s3)[nH]nc21. The van der Waals surface area contributed by atoms with Crippen LogP contribution in [0.5, 0.6) is 0 Å². The monoisotopic (exact) mass is 337 g/mol. The largest absolute Gasteiger partial charge is 0.291 e. The number of hydrogen-bond donors (Lipinski definition) is 1. The van der Waals surface area contributed by atoms with E-state index in [9.17, 15) is 4.79 Å². The van der Waals surface area contributed by atoms with E-state index in [2.05, 4.69) is 20.2 Å². The third-order valence-corrected chi connectivity index (χ3v) is 4.87. The van der Waals surface area contributed by atoms with Crippen LogP contribution < -0.4 is 5.56 Å². The summed E-state index contributed by atoms with van der Waals surface area (Å²) >= 11 is 1.57. The first kappa shape index (κ1) is 14.8. The Morgan fingerprint density at radius 3 is 2.96 bits per heavy atom. The Morgan fingerprint density at radius 1 is 1.25 bits per heavy atom. The first-order valence-electron chi connectivity index (χ1n) is 7.72. The Balaban J connectivity index is 1.82. The van der Waals surface area contributed by atoms with Crippen molar-refractivity contribution in [2.75, 3.05) is 0 Å². The molecule has 0 saturated carbocycles. The number of rotatable bonds is 4. The average Bonchev–Trinajstić information content (AvgIpc) is 3.25. The van der Waals surface area contributed by atoms with Crippen molar-refractivity contribution in [1.82, 2.24) is 24.7 Å². The van der Waals surface area contributed by atoms with Gasteiger partial charge in [0.05, 0.1) is 4.88 Å². The highest BCUT2D eigenvalue weighted by atomic mass is 32.1. The summed E-state index contributed by atoms with van der Waals surface area (Å²) in [5.41, 5.74) is 2.53. The molecule has 0 amide bonds. The van der Waals surface area contributed by atoms with E-state index in [-0.39, 0.29) is 5.56 Å². The van der Waals surface area contributed by atoms with E-state index >= 15 is 0 Å². The van der Waals surface area contributed by atoms with Gasteiger partial charge in [0.2, 0.25) is 0 Å². The lowest BCUT2D eigenvalue weighted by atomic mass is 10.2. The van der Waals surface area contributed by atoms with Gasteiger partial charge in [-0.2, -0.15) is 5.10 Å². The minimum absolute atomic E-state index is 0.0300.